The van der Waals surface area contributed by atoms with E-state index in [4.69, 9.17) is 0 Å². The first-order valence-electron chi connectivity index (χ1n) is 6.58. The zero-order chi connectivity index (χ0) is 11.7. The first kappa shape index (κ1) is 11.0. The Morgan fingerprint density at radius 3 is 2.29 bits per heavy atom. The van der Waals surface area contributed by atoms with Crippen molar-refractivity contribution in [3.63, 3.8) is 0 Å². The summed E-state index contributed by atoms with van der Waals surface area (Å²) in [6.07, 6.45) is 4.14. The highest BCUT2D eigenvalue weighted by molar-refractivity contribution is 5.90. The third-order valence-corrected chi connectivity index (χ3v) is 4.48. The lowest BCUT2D eigenvalue weighted by atomic mass is 9.62. The van der Waals surface area contributed by atoms with Gasteiger partial charge < -0.3 is 0 Å². The second kappa shape index (κ2) is 4.26. The number of hydrogen-bond donors (Lipinski definition) is 0. The van der Waals surface area contributed by atoms with Crippen molar-refractivity contribution in [3.05, 3.63) is 35.9 Å². The summed E-state index contributed by atoms with van der Waals surface area (Å²) in [6.45, 7) is 3.20. The van der Waals surface area contributed by atoms with Gasteiger partial charge in [0.2, 0.25) is 0 Å². The van der Waals surface area contributed by atoms with E-state index in [0.717, 1.165) is 45.3 Å². The van der Waals surface area contributed by atoms with Gasteiger partial charge in [-0.1, -0.05) is 30.3 Å². The third kappa shape index (κ3) is 2.02. The summed E-state index contributed by atoms with van der Waals surface area (Å²) < 4.78 is 0. The van der Waals surface area contributed by atoms with E-state index < -0.39 is 0 Å². The molecular formula is C15H19NO. The molecule has 1 aliphatic carbocycles. The first-order valence-corrected chi connectivity index (χ1v) is 6.58. The van der Waals surface area contributed by atoms with Crippen molar-refractivity contribution >= 4 is 5.78 Å². The van der Waals surface area contributed by atoms with Crippen LogP contribution in [0.4, 0.5) is 0 Å². The van der Waals surface area contributed by atoms with Gasteiger partial charge >= 0.3 is 0 Å². The average molecular weight is 229 g/mol. The molecule has 1 spiro atoms. The summed E-state index contributed by atoms with van der Waals surface area (Å²) in [4.78, 5) is 14.1. The highest BCUT2D eigenvalue weighted by Gasteiger charge is 2.47. The van der Waals surface area contributed by atoms with Crippen LogP contribution in [0.1, 0.15) is 31.2 Å². The van der Waals surface area contributed by atoms with Crippen molar-refractivity contribution in [1.82, 2.24) is 4.90 Å². The highest BCUT2D eigenvalue weighted by Crippen LogP contribution is 2.45. The Labute approximate surface area is 103 Å². The van der Waals surface area contributed by atoms with Crippen LogP contribution < -0.4 is 0 Å². The number of rotatable bonds is 2. The molecule has 0 unspecified atom stereocenters. The van der Waals surface area contributed by atoms with Crippen LogP contribution in [-0.2, 0) is 11.3 Å². The predicted molar refractivity (Wildman–Crippen MR) is 67.6 cm³/mol. The number of piperidine rings is 1. The molecule has 0 aromatic heterocycles. The maximum atomic E-state index is 11.7. The largest absolute Gasteiger partial charge is 0.299 e. The van der Waals surface area contributed by atoms with Crippen LogP contribution >= 0.6 is 0 Å². The SMILES string of the molecule is O=C1CCC12CCN(Cc1ccccc1)CC2. The second-order valence-electron chi connectivity index (χ2n) is 5.47. The number of hydrogen-bond acceptors (Lipinski definition) is 2. The molecular weight excluding hydrogens is 210 g/mol. The zero-order valence-electron chi connectivity index (χ0n) is 10.2. The lowest BCUT2D eigenvalue weighted by Crippen LogP contribution is -2.49. The van der Waals surface area contributed by atoms with Crippen LogP contribution in [0.25, 0.3) is 0 Å². The van der Waals surface area contributed by atoms with E-state index in [0.29, 0.717) is 5.78 Å². The van der Waals surface area contributed by atoms with Crippen molar-refractivity contribution in [2.75, 3.05) is 13.1 Å². The minimum Gasteiger partial charge on any atom is -0.299 e. The Kier molecular flexibility index (Phi) is 2.75. The van der Waals surface area contributed by atoms with Crippen LogP contribution in [0.5, 0.6) is 0 Å². The van der Waals surface area contributed by atoms with E-state index in [1.54, 1.807) is 0 Å². The second-order valence-corrected chi connectivity index (χ2v) is 5.47. The van der Waals surface area contributed by atoms with Crippen LogP contribution in [0, 0.1) is 5.41 Å². The maximum Gasteiger partial charge on any atom is 0.139 e. The zero-order valence-corrected chi connectivity index (χ0v) is 10.2. The molecule has 17 heavy (non-hydrogen) atoms. The number of likely N-dealkylation sites (tertiary alicyclic amines) is 1. The average Bonchev–Trinajstić information content (AvgIpc) is 2.39. The molecule has 1 aromatic rings. The Hall–Kier alpha value is -1.15. The number of carbonyl (C=O) groups is 1. The number of nitrogens with zero attached hydrogens (tertiary/aromatic N) is 1. The fourth-order valence-electron chi connectivity index (χ4n) is 3.09. The molecule has 0 atom stereocenters. The molecule has 2 fully saturated rings. The lowest BCUT2D eigenvalue weighted by molar-refractivity contribution is -0.142. The lowest BCUT2D eigenvalue weighted by Gasteiger charge is -2.46. The van der Waals surface area contributed by atoms with Gasteiger partial charge in [-0.25, -0.2) is 0 Å². The summed E-state index contributed by atoms with van der Waals surface area (Å²) in [6, 6.07) is 10.6. The third-order valence-electron chi connectivity index (χ3n) is 4.48. The minimum atomic E-state index is 0.104. The summed E-state index contributed by atoms with van der Waals surface area (Å²) in [5.41, 5.74) is 1.48. The number of benzene rings is 1. The Balaban J connectivity index is 1.57. The Morgan fingerprint density at radius 2 is 1.76 bits per heavy atom. The van der Waals surface area contributed by atoms with Crippen molar-refractivity contribution < 1.29 is 4.79 Å². The fraction of sp³-hybridized carbons (Fsp3) is 0.533. The standard InChI is InChI=1S/C15H19NO/c17-14-6-7-15(14)8-10-16(11-9-15)12-13-4-2-1-3-5-13/h1-5H,6-12H2. The molecule has 3 rings (SSSR count). The molecule has 2 nitrogen and oxygen atoms in total. The molecule has 1 aromatic carbocycles. The molecule has 1 aliphatic heterocycles. The van der Waals surface area contributed by atoms with Crippen molar-refractivity contribution in [2.24, 2.45) is 5.41 Å². The molecule has 0 bridgehead atoms. The molecule has 2 heteroatoms. The highest BCUT2D eigenvalue weighted by atomic mass is 16.1. The van der Waals surface area contributed by atoms with E-state index in [9.17, 15) is 4.79 Å². The molecule has 1 saturated heterocycles. The number of Topliss-reactive ketones (excluding diaryl/α,β-unsaturated/α-hetero) is 1. The van der Waals surface area contributed by atoms with Crippen LogP contribution in [-0.4, -0.2) is 23.8 Å². The summed E-state index contributed by atoms with van der Waals surface area (Å²) >= 11 is 0. The molecule has 1 saturated carbocycles. The maximum absolute atomic E-state index is 11.7. The molecule has 0 amide bonds. The summed E-state index contributed by atoms with van der Waals surface area (Å²) in [5.74, 6) is 0.525. The van der Waals surface area contributed by atoms with Gasteiger partial charge in [-0.05, 0) is 37.9 Å². The molecule has 1 heterocycles. The quantitative estimate of drug-likeness (QED) is 0.777. The van der Waals surface area contributed by atoms with Crippen molar-refractivity contribution in [3.8, 4) is 0 Å². The summed E-state index contributed by atoms with van der Waals surface area (Å²) in [5, 5.41) is 0. The van der Waals surface area contributed by atoms with Crippen molar-refractivity contribution in [1.29, 1.82) is 0 Å². The van der Waals surface area contributed by atoms with Crippen LogP contribution in [0.2, 0.25) is 0 Å². The fourth-order valence-corrected chi connectivity index (χ4v) is 3.09. The van der Waals surface area contributed by atoms with Crippen LogP contribution in [0.15, 0.2) is 30.3 Å². The normalized spacial score (nSPS) is 23.6. The van der Waals surface area contributed by atoms with E-state index in [2.05, 4.69) is 35.2 Å². The van der Waals surface area contributed by atoms with Gasteiger partial charge in [0.1, 0.15) is 5.78 Å². The number of ketones is 1. The Bertz CT molecular complexity index is 404. The minimum absolute atomic E-state index is 0.104. The Morgan fingerprint density at radius 1 is 1.06 bits per heavy atom. The molecule has 90 valence electrons. The van der Waals surface area contributed by atoms with Gasteiger partial charge in [0.05, 0.1) is 0 Å². The molecule has 0 N–H and O–H groups in total. The van der Waals surface area contributed by atoms with Gasteiger partial charge in [-0.2, -0.15) is 0 Å². The van der Waals surface area contributed by atoms with Crippen LogP contribution in [0.3, 0.4) is 0 Å². The van der Waals surface area contributed by atoms with Gasteiger partial charge in [-0.15, -0.1) is 0 Å². The first-order chi connectivity index (χ1) is 8.28. The monoisotopic (exact) mass is 229 g/mol. The van der Waals surface area contributed by atoms with E-state index in [1.165, 1.54) is 5.56 Å². The number of carbonyl (C=O) groups excluding carboxylic acids is 1. The smallest absolute Gasteiger partial charge is 0.139 e. The molecule has 2 aliphatic rings. The topological polar surface area (TPSA) is 20.3 Å². The van der Waals surface area contributed by atoms with Gasteiger partial charge in [-0.3, -0.25) is 9.69 Å². The molecule has 0 radical (unpaired) electrons. The van der Waals surface area contributed by atoms with E-state index in [1.807, 2.05) is 0 Å². The van der Waals surface area contributed by atoms with Gasteiger partial charge in [0.25, 0.3) is 0 Å². The van der Waals surface area contributed by atoms with E-state index >= 15 is 0 Å². The summed E-state index contributed by atoms with van der Waals surface area (Å²) in [7, 11) is 0. The van der Waals surface area contributed by atoms with Gasteiger partial charge in [0, 0.05) is 18.4 Å². The van der Waals surface area contributed by atoms with Crippen molar-refractivity contribution in [2.45, 2.75) is 32.2 Å². The van der Waals surface area contributed by atoms with Gasteiger partial charge in [0.15, 0.2) is 0 Å². The van der Waals surface area contributed by atoms with E-state index in [-0.39, 0.29) is 5.41 Å². The predicted octanol–water partition coefficient (Wildman–Crippen LogP) is 2.63.